The van der Waals surface area contributed by atoms with E-state index in [-0.39, 0.29) is 0 Å². The molecule has 2 rings (SSSR count). The summed E-state index contributed by atoms with van der Waals surface area (Å²) < 4.78 is 5.31. The summed E-state index contributed by atoms with van der Waals surface area (Å²) in [4.78, 5) is 5.45. The maximum Gasteiger partial charge on any atom is 0.197 e. The molecule has 90 valence electrons. The Hall–Kier alpha value is -1.30. The fourth-order valence-electron chi connectivity index (χ4n) is 1.57. The molecule has 0 aliphatic heterocycles. The zero-order valence-electron chi connectivity index (χ0n) is 9.45. The van der Waals surface area contributed by atoms with E-state index in [2.05, 4.69) is 10.4 Å². The molecule has 0 radical (unpaired) electrons. The highest BCUT2D eigenvalue weighted by Crippen LogP contribution is 2.36. The van der Waals surface area contributed by atoms with Crippen LogP contribution in [0.4, 0.5) is 5.13 Å². The molecule has 0 bridgehead atoms. The number of benzene rings is 1. The predicted octanol–water partition coefficient (Wildman–Crippen LogP) is 3.07. The van der Waals surface area contributed by atoms with Crippen molar-refractivity contribution in [2.24, 2.45) is 5.84 Å². The fourth-order valence-corrected chi connectivity index (χ4v) is 2.48. The van der Waals surface area contributed by atoms with Crippen LogP contribution in [0.5, 0.6) is 5.75 Å². The molecule has 4 nitrogen and oxygen atoms in total. The maximum absolute atomic E-state index is 6.00. The Morgan fingerprint density at radius 2 is 2.24 bits per heavy atom. The van der Waals surface area contributed by atoms with Crippen molar-refractivity contribution in [1.29, 1.82) is 0 Å². The Labute approximate surface area is 108 Å². The van der Waals surface area contributed by atoms with Gasteiger partial charge in [-0.05, 0) is 25.1 Å². The Morgan fingerprint density at radius 1 is 1.47 bits per heavy atom. The van der Waals surface area contributed by atoms with E-state index in [1.165, 1.54) is 11.3 Å². The van der Waals surface area contributed by atoms with Crippen LogP contribution in [0.25, 0.3) is 11.3 Å². The van der Waals surface area contributed by atoms with E-state index in [0.717, 1.165) is 21.9 Å². The number of aryl methyl sites for hydroxylation is 1. The van der Waals surface area contributed by atoms with Crippen molar-refractivity contribution in [2.75, 3.05) is 12.5 Å². The fraction of sp³-hybridized carbons (Fsp3) is 0.182. The molecule has 6 heteroatoms. The quantitative estimate of drug-likeness (QED) is 0.664. The van der Waals surface area contributed by atoms with Gasteiger partial charge >= 0.3 is 0 Å². The number of aromatic nitrogens is 1. The van der Waals surface area contributed by atoms with Gasteiger partial charge in [0.05, 0.1) is 12.8 Å². The number of halogens is 1. The van der Waals surface area contributed by atoms with Gasteiger partial charge in [-0.2, -0.15) is 0 Å². The van der Waals surface area contributed by atoms with E-state index in [4.69, 9.17) is 22.2 Å². The van der Waals surface area contributed by atoms with Gasteiger partial charge in [0, 0.05) is 15.5 Å². The number of hydrogen-bond acceptors (Lipinski definition) is 5. The van der Waals surface area contributed by atoms with Crippen LogP contribution in [-0.4, -0.2) is 12.1 Å². The van der Waals surface area contributed by atoms with E-state index in [9.17, 15) is 0 Å². The normalized spacial score (nSPS) is 10.4. The minimum Gasteiger partial charge on any atom is -0.496 e. The third-order valence-electron chi connectivity index (χ3n) is 2.34. The van der Waals surface area contributed by atoms with E-state index in [0.29, 0.717) is 10.2 Å². The number of nitrogen functional groups attached to an aromatic ring is 1. The monoisotopic (exact) mass is 269 g/mol. The van der Waals surface area contributed by atoms with Crippen LogP contribution in [-0.2, 0) is 0 Å². The van der Waals surface area contributed by atoms with Crippen molar-refractivity contribution < 1.29 is 4.74 Å². The van der Waals surface area contributed by atoms with Crippen LogP contribution in [0, 0.1) is 6.92 Å². The van der Waals surface area contributed by atoms with Gasteiger partial charge in [0.2, 0.25) is 0 Å². The number of nitrogens with one attached hydrogen (secondary N) is 1. The van der Waals surface area contributed by atoms with Crippen molar-refractivity contribution >= 4 is 28.1 Å². The molecule has 3 N–H and O–H groups in total. The Morgan fingerprint density at radius 3 is 2.82 bits per heavy atom. The molecule has 0 fully saturated rings. The van der Waals surface area contributed by atoms with Crippen molar-refractivity contribution in [3.8, 4) is 17.0 Å². The number of hydrogen-bond donors (Lipinski definition) is 2. The zero-order valence-corrected chi connectivity index (χ0v) is 11.0. The lowest BCUT2D eigenvalue weighted by Crippen LogP contribution is -2.05. The highest BCUT2D eigenvalue weighted by atomic mass is 35.5. The van der Waals surface area contributed by atoms with Gasteiger partial charge in [0.15, 0.2) is 5.13 Å². The SMILES string of the molecule is COc1ccc(Cl)cc1-c1nc(NN)sc1C. The molecule has 0 saturated heterocycles. The van der Waals surface area contributed by atoms with E-state index >= 15 is 0 Å². The molecule has 0 spiro atoms. The summed E-state index contributed by atoms with van der Waals surface area (Å²) in [5.74, 6) is 6.09. The number of hydrazine groups is 1. The topological polar surface area (TPSA) is 60.2 Å². The summed E-state index contributed by atoms with van der Waals surface area (Å²) in [6.45, 7) is 1.98. The first-order chi connectivity index (χ1) is 8.15. The standard InChI is InChI=1S/C11H12ClN3OS/c1-6-10(14-11(15-13)17-6)8-5-7(12)3-4-9(8)16-2/h3-5H,13H2,1-2H3,(H,14,15). The van der Waals surface area contributed by atoms with Crippen LogP contribution in [0.3, 0.4) is 0 Å². The lowest BCUT2D eigenvalue weighted by molar-refractivity contribution is 0.416. The highest BCUT2D eigenvalue weighted by molar-refractivity contribution is 7.15. The van der Waals surface area contributed by atoms with Crippen LogP contribution in [0.2, 0.25) is 5.02 Å². The van der Waals surface area contributed by atoms with Gasteiger partial charge in [0.25, 0.3) is 0 Å². The molecule has 0 atom stereocenters. The lowest BCUT2D eigenvalue weighted by Gasteiger charge is -2.07. The number of nitrogens with two attached hydrogens (primary N) is 1. The maximum atomic E-state index is 6.00. The number of thiazole rings is 1. The van der Waals surface area contributed by atoms with Crippen LogP contribution < -0.4 is 16.0 Å². The summed E-state index contributed by atoms with van der Waals surface area (Å²) in [5, 5.41) is 1.31. The third-order valence-corrected chi connectivity index (χ3v) is 3.47. The van der Waals surface area contributed by atoms with Crippen molar-refractivity contribution in [3.63, 3.8) is 0 Å². The summed E-state index contributed by atoms with van der Waals surface area (Å²) in [6.07, 6.45) is 0. The molecule has 17 heavy (non-hydrogen) atoms. The third kappa shape index (κ3) is 2.36. The van der Waals surface area contributed by atoms with Crippen molar-refractivity contribution in [2.45, 2.75) is 6.92 Å². The molecule has 0 saturated carbocycles. The van der Waals surface area contributed by atoms with Gasteiger partial charge in [-0.1, -0.05) is 11.6 Å². The van der Waals surface area contributed by atoms with Gasteiger partial charge in [-0.15, -0.1) is 11.3 Å². The molecule has 0 aliphatic carbocycles. The van der Waals surface area contributed by atoms with E-state index in [1.54, 1.807) is 13.2 Å². The molecule has 1 heterocycles. The molecule has 0 amide bonds. The molecule has 0 aliphatic rings. The molecule has 0 unspecified atom stereocenters. The Balaban J connectivity index is 2.58. The van der Waals surface area contributed by atoms with Crippen molar-refractivity contribution in [3.05, 3.63) is 28.1 Å². The second-order valence-electron chi connectivity index (χ2n) is 3.41. The first-order valence-corrected chi connectivity index (χ1v) is 6.13. The summed E-state index contributed by atoms with van der Waals surface area (Å²) >= 11 is 7.48. The largest absolute Gasteiger partial charge is 0.496 e. The van der Waals surface area contributed by atoms with E-state index in [1.807, 2.05) is 19.1 Å². The Bertz CT molecular complexity index is 542. The van der Waals surface area contributed by atoms with Gasteiger partial charge in [-0.3, -0.25) is 5.43 Å². The van der Waals surface area contributed by atoms with Crippen LogP contribution in [0.1, 0.15) is 4.88 Å². The number of ether oxygens (including phenoxy) is 1. The van der Waals surface area contributed by atoms with Gasteiger partial charge in [-0.25, -0.2) is 10.8 Å². The number of nitrogens with zero attached hydrogens (tertiary/aromatic N) is 1. The van der Waals surface area contributed by atoms with E-state index < -0.39 is 0 Å². The lowest BCUT2D eigenvalue weighted by atomic mass is 10.1. The first-order valence-electron chi connectivity index (χ1n) is 4.93. The number of methoxy groups -OCH3 is 1. The Kier molecular flexibility index (Phi) is 3.51. The molecular weight excluding hydrogens is 258 g/mol. The molecular formula is C11H12ClN3OS. The average molecular weight is 270 g/mol. The summed E-state index contributed by atoms with van der Waals surface area (Å²) in [5.41, 5.74) is 4.25. The number of rotatable bonds is 3. The smallest absolute Gasteiger partial charge is 0.197 e. The van der Waals surface area contributed by atoms with Gasteiger partial charge in [0.1, 0.15) is 5.75 Å². The number of anilines is 1. The highest BCUT2D eigenvalue weighted by Gasteiger charge is 2.14. The molecule has 1 aromatic heterocycles. The predicted molar refractivity (Wildman–Crippen MR) is 71.7 cm³/mol. The minimum absolute atomic E-state index is 0.649. The second-order valence-corrected chi connectivity index (χ2v) is 5.05. The van der Waals surface area contributed by atoms with Crippen LogP contribution >= 0.6 is 22.9 Å². The first kappa shape index (κ1) is 12.2. The minimum atomic E-state index is 0.649. The van der Waals surface area contributed by atoms with Crippen LogP contribution in [0.15, 0.2) is 18.2 Å². The zero-order chi connectivity index (χ0) is 12.4. The molecule has 1 aromatic carbocycles. The summed E-state index contributed by atoms with van der Waals surface area (Å²) in [6, 6.07) is 5.45. The average Bonchev–Trinajstić information content (AvgIpc) is 2.70. The van der Waals surface area contributed by atoms with Crippen molar-refractivity contribution in [1.82, 2.24) is 4.98 Å². The summed E-state index contributed by atoms with van der Waals surface area (Å²) in [7, 11) is 1.62. The van der Waals surface area contributed by atoms with Gasteiger partial charge < -0.3 is 4.74 Å². The molecule has 2 aromatic rings. The second kappa shape index (κ2) is 4.91.